The van der Waals surface area contributed by atoms with Gasteiger partial charge in [-0.25, -0.2) is 4.39 Å². The lowest BCUT2D eigenvalue weighted by molar-refractivity contribution is -0.135. The molecule has 0 saturated heterocycles. The molecule has 6 heteroatoms. The predicted octanol–water partition coefficient (Wildman–Crippen LogP) is 5.87. The Morgan fingerprint density at radius 3 is 2.50 bits per heavy atom. The molecule has 1 N–H and O–H groups in total. The third kappa shape index (κ3) is 6.30. The summed E-state index contributed by atoms with van der Waals surface area (Å²) in [6.07, 6.45) is 2.26. The molecule has 3 rings (SSSR count). The van der Waals surface area contributed by atoms with Crippen LogP contribution in [0.5, 0.6) is 5.75 Å². The number of rotatable bonds is 8. The van der Waals surface area contributed by atoms with Crippen molar-refractivity contribution in [3.05, 3.63) is 94.5 Å². The molecule has 2 unspecified atom stereocenters. The van der Waals surface area contributed by atoms with E-state index in [-0.39, 0.29) is 17.9 Å². The molecule has 4 nitrogen and oxygen atoms in total. The monoisotopic (exact) mass is 454 g/mol. The second-order valence-corrected chi connectivity index (χ2v) is 8.96. The van der Waals surface area contributed by atoms with Crippen molar-refractivity contribution in [2.45, 2.75) is 51.7 Å². The van der Waals surface area contributed by atoms with Crippen LogP contribution < -0.4 is 10.1 Å². The van der Waals surface area contributed by atoms with Gasteiger partial charge in [-0.15, -0.1) is 0 Å². The highest BCUT2D eigenvalue weighted by molar-refractivity contribution is 6.30. The first-order valence-electron chi connectivity index (χ1n) is 10.6. The van der Waals surface area contributed by atoms with E-state index < -0.39 is 11.4 Å². The number of carbonyl (C=O) groups is 1. The third-order valence-electron chi connectivity index (χ3n) is 5.34. The zero-order valence-electron chi connectivity index (χ0n) is 18.7. The Balaban J connectivity index is 1.77. The van der Waals surface area contributed by atoms with Gasteiger partial charge in [0.15, 0.2) is 5.60 Å². The maximum absolute atomic E-state index is 13.7. The maximum Gasteiger partial charge on any atom is 0.263 e. The zero-order valence-corrected chi connectivity index (χ0v) is 19.5. The van der Waals surface area contributed by atoms with Gasteiger partial charge in [0.05, 0.1) is 5.02 Å². The molecule has 168 valence electrons. The van der Waals surface area contributed by atoms with Crippen molar-refractivity contribution in [3.8, 4) is 5.75 Å². The highest BCUT2D eigenvalue weighted by Gasteiger charge is 2.33. The van der Waals surface area contributed by atoms with Crippen LogP contribution in [0.15, 0.2) is 66.9 Å². The van der Waals surface area contributed by atoms with Crippen molar-refractivity contribution >= 4 is 17.5 Å². The second-order valence-electron chi connectivity index (χ2n) is 8.53. The largest absolute Gasteiger partial charge is 0.478 e. The van der Waals surface area contributed by atoms with E-state index in [1.807, 2.05) is 49.4 Å². The molecule has 1 aromatic heterocycles. The average molecular weight is 455 g/mol. The lowest BCUT2D eigenvalue weighted by Crippen LogP contribution is -2.51. The van der Waals surface area contributed by atoms with Gasteiger partial charge in [0, 0.05) is 29.9 Å². The molecular formula is C26H28ClFN2O2. The first-order valence-corrected chi connectivity index (χ1v) is 10.9. The molecule has 1 heterocycles. The minimum Gasteiger partial charge on any atom is -0.478 e. The van der Waals surface area contributed by atoms with Crippen LogP contribution in [0.25, 0.3) is 0 Å². The minimum atomic E-state index is -1.19. The number of hydrogen-bond donors (Lipinski definition) is 1. The molecule has 0 spiro atoms. The van der Waals surface area contributed by atoms with E-state index in [0.717, 1.165) is 16.8 Å². The van der Waals surface area contributed by atoms with Crippen LogP contribution in [0.3, 0.4) is 0 Å². The van der Waals surface area contributed by atoms with Gasteiger partial charge >= 0.3 is 0 Å². The van der Waals surface area contributed by atoms with E-state index in [9.17, 15) is 9.18 Å². The van der Waals surface area contributed by atoms with E-state index >= 15 is 0 Å². The molecule has 2 atom stereocenters. The van der Waals surface area contributed by atoms with Crippen molar-refractivity contribution in [1.29, 1.82) is 0 Å². The van der Waals surface area contributed by atoms with Crippen LogP contribution in [0, 0.1) is 12.7 Å². The van der Waals surface area contributed by atoms with Gasteiger partial charge in [0.1, 0.15) is 11.6 Å². The smallest absolute Gasteiger partial charge is 0.263 e. The molecule has 0 aliphatic rings. The van der Waals surface area contributed by atoms with Crippen LogP contribution >= 0.6 is 11.6 Å². The highest BCUT2D eigenvalue weighted by Crippen LogP contribution is 2.26. The van der Waals surface area contributed by atoms with Gasteiger partial charge in [0.2, 0.25) is 0 Å². The molecule has 0 radical (unpaired) electrons. The van der Waals surface area contributed by atoms with E-state index in [1.165, 1.54) is 12.1 Å². The van der Waals surface area contributed by atoms with Crippen molar-refractivity contribution in [1.82, 2.24) is 10.3 Å². The summed E-state index contributed by atoms with van der Waals surface area (Å²) in [4.78, 5) is 17.5. The number of nitrogens with one attached hydrogen (secondary N) is 1. The topological polar surface area (TPSA) is 51.2 Å². The number of aryl methyl sites for hydroxylation is 1. The fraction of sp³-hybridized carbons (Fsp3) is 0.308. The number of nitrogens with zero attached hydrogens (tertiary/aromatic N) is 1. The summed E-state index contributed by atoms with van der Waals surface area (Å²) < 4.78 is 19.6. The number of ether oxygens (including phenoxy) is 1. The zero-order chi connectivity index (χ0) is 23.3. The lowest BCUT2D eigenvalue weighted by Gasteiger charge is -2.31. The van der Waals surface area contributed by atoms with Gasteiger partial charge < -0.3 is 10.1 Å². The summed E-state index contributed by atoms with van der Waals surface area (Å²) in [5.74, 6) is -0.373. The highest BCUT2D eigenvalue weighted by atomic mass is 35.5. The first kappa shape index (κ1) is 23.7. The molecule has 0 bridgehead atoms. The molecule has 0 aliphatic heterocycles. The van der Waals surface area contributed by atoms with Crippen LogP contribution in [0.4, 0.5) is 4.39 Å². The van der Waals surface area contributed by atoms with Crippen molar-refractivity contribution in [2.75, 3.05) is 0 Å². The number of amides is 1. The number of halogens is 2. The quantitative estimate of drug-likeness (QED) is 0.463. The average Bonchev–Trinajstić information content (AvgIpc) is 2.72. The predicted molar refractivity (Wildman–Crippen MR) is 126 cm³/mol. The number of pyridine rings is 1. The van der Waals surface area contributed by atoms with Gasteiger partial charge in [-0.3, -0.25) is 9.78 Å². The van der Waals surface area contributed by atoms with Crippen LogP contribution in [0.1, 0.15) is 43.5 Å². The summed E-state index contributed by atoms with van der Waals surface area (Å²) in [7, 11) is 0. The summed E-state index contributed by atoms with van der Waals surface area (Å²) in [5.41, 5.74) is 1.52. The fourth-order valence-electron chi connectivity index (χ4n) is 3.62. The Kier molecular flexibility index (Phi) is 7.52. The Labute approximate surface area is 193 Å². The summed E-state index contributed by atoms with van der Waals surface area (Å²) in [6.45, 7) is 7.09. The summed E-state index contributed by atoms with van der Waals surface area (Å²) in [5, 5.41) is 3.67. The fourth-order valence-corrected chi connectivity index (χ4v) is 3.73. The standard InChI is InChI=1S/C26H28ClFN2O2/c1-17-12-21(28)14-23(13-17)32-26(3,4)25(31)30-18(2)24(19-8-6-5-7-9-19)15-22-11-10-20(27)16-29-22/h5-14,16,18,24H,15H2,1-4H3,(H,30,31). The van der Waals surface area contributed by atoms with Gasteiger partial charge in [-0.1, -0.05) is 41.9 Å². The van der Waals surface area contributed by atoms with Crippen molar-refractivity contribution < 1.29 is 13.9 Å². The molecule has 1 amide bonds. The van der Waals surface area contributed by atoms with Gasteiger partial charge in [-0.05, 0) is 69.5 Å². The summed E-state index contributed by atoms with van der Waals surface area (Å²) >= 11 is 5.98. The van der Waals surface area contributed by atoms with Gasteiger partial charge in [-0.2, -0.15) is 0 Å². The van der Waals surface area contributed by atoms with Crippen LogP contribution in [0.2, 0.25) is 5.02 Å². The first-order chi connectivity index (χ1) is 15.1. The minimum absolute atomic E-state index is 0.0129. The van der Waals surface area contributed by atoms with E-state index in [4.69, 9.17) is 16.3 Å². The number of hydrogen-bond acceptors (Lipinski definition) is 3. The molecular weight excluding hydrogens is 427 g/mol. The third-order valence-corrected chi connectivity index (χ3v) is 5.57. The lowest BCUT2D eigenvalue weighted by atomic mass is 9.87. The molecule has 3 aromatic rings. The Morgan fingerprint density at radius 2 is 1.88 bits per heavy atom. The SMILES string of the molecule is Cc1cc(F)cc(OC(C)(C)C(=O)NC(C)C(Cc2ccc(Cl)cn2)c2ccccc2)c1. The van der Waals surface area contributed by atoms with Crippen molar-refractivity contribution in [2.24, 2.45) is 0 Å². The normalized spacial score (nSPS) is 13.3. The number of aromatic nitrogens is 1. The maximum atomic E-state index is 13.7. The van der Waals surface area contributed by atoms with E-state index in [0.29, 0.717) is 17.2 Å². The number of carbonyl (C=O) groups excluding carboxylic acids is 1. The molecule has 2 aromatic carbocycles. The number of benzene rings is 2. The second kappa shape index (κ2) is 10.1. The Hall–Kier alpha value is -2.92. The molecule has 0 aliphatic carbocycles. The van der Waals surface area contributed by atoms with Crippen LogP contribution in [-0.4, -0.2) is 22.5 Å². The molecule has 0 fully saturated rings. The van der Waals surface area contributed by atoms with Crippen molar-refractivity contribution in [3.63, 3.8) is 0 Å². The van der Waals surface area contributed by atoms with E-state index in [2.05, 4.69) is 10.3 Å². The Bertz CT molecular complexity index is 1030. The molecule has 32 heavy (non-hydrogen) atoms. The molecule has 0 saturated carbocycles. The van der Waals surface area contributed by atoms with Crippen LogP contribution in [-0.2, 0) is 11.2 Å². The summed E-state index contributed by atoms with van der Waals surface area (Å²) in [6, 6.07) is 17.9. The van der Waals surface area contributed by atoms with Gasteiger partial charge in [0.25, 0.3) is 5.91 Å². The Morgan fingerprint density at radius 1 is 1.16 bits per heavy atom. The van der Waals surface area contributed by atoms with E-state index in [1.54, 1.807) is 33.0 Å².